The Bertz CT molecular complexity index is 125. The van der Waals surface area contributed by atoms with Gasteiger partial charge in [-0.05, 0) is 25.2 Å². The maximum absolute atomic E-state index is 3.81. The minimum absolute atomic E-state index is 0.739. The fraction of sp³-hybridized carbons (Fsp3) is 1.00. The van der Waals surface area contributed by atoms with Gasteiger partial charge in [0.05, 0.1) is 0 Å². The Balaban J connectivity index is 2.27. The predicted octanol–water partition coefficient (Wildman–Crippen LogP) is 3.34. The van der Waals surface area contributed by atoms with Crippen molar-refractivity contribution in [3.63, 3.8) is 0 Å². The minimum atomic E-state index is 0.739. The van der Waals surface area contributed by atoms with Crippen LogP contribution in [0.25, 0.3) is 0 Å². The molecule has 0 heterocycles. The largest absolute Gasteiger partial charge is 0.311 e. The first-order chi connectivity index (χ1) is 6.24. The van der Waals surface area contributed by atoms with Crippen molar-refractivity contribution < 1.29 is 0 Å². The Morgan fingerprint density at radius 2 is 1.77 bits per heavy atom. The molecule has 0 saturated heterocycles. The molecule has 1 N–H and O–H groups in total. The van der Waals surface area contributed by atoms with Crippen LogP contribution in [0.3, 0.4) is 0 Å². The van der Waals surface area contributed by atoms with Crippen molar-refractivity contribution in [2.45, 2.75) is 71.4 Å². The standard InChI is InChI=1S/C12H25N/c1-4-12(10(2)3)13-11-8-6-5-7-9-11/h10-13H,4-9H2,1-3H3/t12-/m0/s1. The summed E-state index contributed by atoms with van der Waals surface area (Å²) in [5.41, 5.74) is 0. The summed E-state index contributed by atoms with van der Waals surface area (Å²) in [4.78, 5) is 0. The van der Waals surface area contributed by atoms with E-state index in [1.807, 2.05) is 0 Å². The Kier molecular flexibility index (Phi) is 4.79. The maximum atomic E-state index is 3.81. The van der Waals surface area contributed by atoms with Gasteiger partial charge in [-0.1, -0.05) is 40.0 Å². The number of hydrogen-bond acceptors (Lipinski definition) is 1. The van der Waals surface area contributed by atoms with Crippen LogP contribution >= 0.6 is 0 Å². The molecule has 1 nitrogen and oxygen atoms in total. The van der Waals surface area contributed by atoms with Gasteiger partial charge in [-0.2, -0.15) is 0 Å². The Hall–Kier alpha value is -0.0400. The predicted molar refractivity (Wildman–Crippen MR) is 58.9 cm³/mol. The molecule has 0 aliphatic heterocycles. The van der Waals surface area contributed by atoms with Crippen molar-refractivity contribution in [1.82, 2.24) is 5.32 Å². The molecule has 1 atom stereocenters. The van der Waals surface area contributed by atoms with E-state index in [1.165, 1.54) is 38.5 Å². The highest BCUT2D eigenvalue weighted by Gasteiger charge is 2.18. The maximum Gasteiger partial charge on any atom is 0.00900 e. The fourth-order valence-corrected chi connectivity index (χ4v) is 2.35. The van der Waals surface area contributed by atoms with E-state index in [-0.39, 0.29) is 0 Å². The van der Waals surface area contributed by atoms with Crippen LogP contribution in [0.5, 0.6) is 0 Å². The highest BCUT2D eigenvalue weighted by molar-refractivity contribution is 4.78. The van der Waals surface area contributed by atoms with Gasteiger partial charge in [-0.25, -0.2) is 0 Å². The van der Waals surface area contributed by atoms with E-state index in [4.69, 9.17) is 0 Å². The van der Waals surface area contributed by atoms with Crippen molar-refractivity contribution in [3.05, 3.63) is 0 Å². The monoisotopic (exact) mass is 183 g/mol. The van der Waals surface area contributed by atoms with Crippen molar-refractivity contribution in [1.29, 1.82) is 0 Å². The van der Waals surface area contributed by atoms with E-state index in [2.05, 4.69) is 26.1 Å². The van der Waals surface area contributed by atoms with E-state index in [0.717, 1.165) is 18.0 Å². The van der Waals surface area contributed by atoms with Crippen LogP contribution in [0, 0.1) is 5.92 Å². The molecule has 1 aliphatic carbocycles. The van der Waals surface area contributed by atoms with E-state index in [0.29, 0.717) is 0 Å². The first kappa shape index (κ1) is 11.0. The highest BCUT2D eigenvalue weighted by Crippen LogP contribution is 2.19. The second-order valence-electron chi connectivity index (χ2n) is 4.76. The van der Waals surface area contributed by atoms with Crippen molar-refractivity contribution in [2.75, 3.05) is 0 Å². The third-order valence-corrected chi connectivity index (χ3v) is 3.30. The number of nitrogens with one attached hydrogen (secondary N) is 1. The summed E-state index contributed by atoms with van der Waals surface area (Å²) in [6.45, 7) is 6.94. The topological polar surface area (TPSA) is 12.0 Å². The summed E-state index contributed by atoms with van der Waals surface area (Å²) in [6.07, 6.45) is 8.41. The lowest BCUT2D eigenvalue weighted by atomic mass is 9.92. The molecular weight excluding hydrogens is 158 g/mol. The second-order valence-corrected chi connectivity index (χ2v) is 4.76. The molecule has 78 valence electrons. The van der Waals surface area contributed by atoms with Gasteiger partial charge in [0.15, 0.2) is 0 Å². The van der Waals surface area contributed by atoms with Gasteiger partial charge < -0.3 is 5.32 Å². The van der Waals surface area contributed by atoms with E-state index < -0.39 is 0 Å². The molecule has 1 fully saturated rings. The average Bonchev–Trinajstić information content (AvgIpc) is 2.15. The lowest BCUT2D eigenvalue weighted by Gasteiger charge is -2.30. The van der Waals surface area contributed by atoms with E-state index >= 15 is 0 Å². The third kappa shape index (κ3) is 3.68. The van der Waals surface area contributed by atoms with Crippen LogP contribution in [0.2, 0.25) is 0 Å². The van der Waals surface area contributed by atoms with Crippen LogP contribution in [-0.4, -0.2) is 12.1 Å². The Morgan fingerprint density at radius 3 is 2.23 bits per heavy atom. The zero-order valence-electron chi connectivity index (χ0n) is 9.47. The molecule has 1 saturated carbocycles. The molecule has 1 rings (SSSR count). The normalized spacial score (nSPS) is 22.2. The quantitative estimate of drug-likeness (QED) is 0.705. The molecule has 0 bridgehead atoms. The van der Waals surface area contributed by atoms with Gasteiger partial charge >= 0.3 is 0 Å². The molecule has 13 heavy (non-hydrogen) atoms. The van der Waals surface area contributed by atoms with Crippen molar-refractivity contribution >= 4 is 0 Å². The summed E-state index contributed by atoms with van der Waals surface area (Å²) < 4.78 is 0. The average molecular weight is 183 g/mol. The van der Waals surface area contributed by atoms with Crippen LogP contribution in [0.4, 0.5) is 0 Å². The van der Waals surface area contributed by atoms with Gasteiger partial charge in [0.2, 0.25) is 0 Å². The molecule has 0 spiro atoms. The summed E-state index contributed by atoms with van der Waals surface area (Å²) in [5, 5.41) is 3.81. The molecule has 0 aromatic heterocycles. The van der Waals surface area contributed by atoms with Gasteiger partial charge in [0, 0.05) is 12.1 Å². The van der Waals surface area contributed by atoms with Gasteiger partial charge in [-0.15, -0.1) is 0 Å². The van der Waals surface area contributed by atoms with E-state index in [1.54, 1.807) is 0 Å². The van der Waals surface area contributed by atoms with Crippen LogP contribution in [-0.2, 0) is 0 Å². The van der Waals surface area contributed by atoms with Crippen LogP contribution in [0.1, 0.15) is 59.3 Å². The summed E-state index contributed by atoms with van der Waals surface area (Å²) in [7, 11) is 0. The molecule has 0 unspecified atom stereocenters. The molecular formula is C12H25N. The first-order valence-corrected chi connectivity index (χ1v) is 6.00. The van der Waals surface area contributed by atoms with Gasteiger partial charge in [-0.3, -0.25) is 0 Å². The molecule has 1 heteroatoms. The molecule has 0 aromatic carbocycles. The van der Waals surface area contributed by atoms with Crippen molar-refractivity contribution in [3.8, 4) is 0 Å². The fourth-order valence-electron chi connectivity index (χ4n) is 2.35. The van der Waals surface area contributed by atoms with Gasteiger partial charge in [0.25, 0.3) is 0 Å². The summed E-state index contributed by atoms with van der Waals surface area (Å²) in [5.74, 6) is 0.784. The summed E-state index contributed by atoms with van der Waals surface area (Å²) >= 11 is 0. The smallest absolute Gasteiger partial charge is 0.00900 e. The Labute approximate surface area is 83.3 Å². The van der Waals surface area contributed by atoms with Crippen LogP contribution in [0.15, 0.2) is 0 Å². The third-order valence-electron chi connectivity index (χ3n) is 3.30. The molecule has 0 amide bonds. The lowest BCUT2D eigenvalue weighted by Crippen LogP contribution is -2.41. The van der Waals surface area contributed by atoms with Crippen LogP contribution < -0.4 is 5.32 Å². The highest BCUT2D eigenvalue weighted by atomic mass is 15.0. The molecule has 1 aliphatic rings. The second kappa shape index (κ2) is 5.64. The zero-order chi connectivity index (χ0) is 9.68. The minimum Gasteiger partial charge on any atom is -0.311 e. The molecule has 0 aromatic rings. The Morgan fingerprint density at radius 1 is 1.15 bits per heavy atom. The molecule has 0 radical (unpaired) electrons. The summed E-state index contributed by atoms with van der Waals surface area (Å²) in [6, 6.07) is 1.56. The van der Waals surface area contributed by atoms with E-state index in [9.17, 15) is 0 Å². The lowest BCUT2D eigenvalue weighted by molar-refractivity contribution is 0.292. The van der Waals surface area contributed by atoms with Crippen molar-refractivity contribution in [2.24, 2.45) is 5.92 Å². The zero-order valence-corrected chi connectivity index (χ0v) is 9.47. The SMILES string of the molecule is CC[C@H](NC1CCCCC1)C(C)C. The first-order valence-electron chi connectivity index (χ1n) is 6.00. The van der Waals surface area contributed by atoms with Gasteiger partial charge in [0.1, 0.15) is 0 Å². The number of rotatable bonds is 4. The number of hydrogen-bond donors (Lipinski definition) is 1.